The second-order valence-corrected chi connectivity index (χ2v) is 7.18. The van der Waals surface area contributed by atoms with Crippen LogP contribution in [-0.4, -0.2) is 34.7 Å². The third-order valence-electron chi connectivity index (χ3n) is 4.89. The van der Waals surface area contributed by atoms with Gasteiger partial charge in [-0.1, -0.05) is 42.5 Å². The Morgan fingerprint density at radius 3 is 2.83 bits per heavy atom. The van der Waals surface area contributed by atoms with E-state index in [1.165, 1.54) is 16.7 Å². The molecule has 1 aliphatic heterocycles. The quantitative estimate of drug-likeness (QED) is 0.286. The lowest BCUT2D eigenvalue weighted by Gasteiger charge is -2.15. The summed E-state index contributed by atoms with van der Waals surface area (Å²) < 4.78 is 8.07. The summed E-state index contributed by atoms with van der Waals surface area (Å²) >= 11 is 0. The highest BCUT2D eigenvalue weighted by atomic mass is 127. The molecule has 0 saturated heterocycles. The number of fused-ring (bicyclic) bond motifs is 1. The standard InChI is InChI=1S/C23H27N5O.HI/c1-2-25-23(27-15-21-13-20-8-3-4-9-22(20)29-21)26-14-18-6-5-7-19(12-18)16-28-11-10-24-17-28;/h3-12,17,21H,2,13-16H2,1H3,(H2,25,26,27);1H. The molecule has 0 amide bonds. The fourth-order valence-electron chi connectivity index (χ4n) is 3.51. The van der Waals surface area contributed by atoms with Crippen molar-refractivity contribution in [3.63, 3.8) is 0 Å². The number of halogens is 1. The summed E-state index contributed by atoms with van der Waals surface area (Å²) in [6, 6.07) is 16.8. The molecule has 4 rings (SSSR count). The van der Waals surface area contributed by atoms with Crippen molar-refractivity contribution in [2.45, 2.75) is 32.5 Å². The van der Waals surface area contributed by atoms with Gasteiger partial charge in [-0.25, -0.2) is 9.98 Å². The first kappa shape index (κ1) is 22.1. The topological polar surface area (TPSA) is 63.5 Å². The lowest BCUT2D eigenvalue weighted by Crippen LogP contribution is -2.42. The van der Waals surface area contributed by atoms with Gasteiger partial charge in [0.1, 0.15) is 11.9 Å². The maximum Gasteiger partial charge on any atom is 0.191 e. The monoisotopic (exact) mass is 517 g/mol. The van der Waals surface area contributed by atoms with Gasteiger partial charge in [-0.3, -0.25) is 0 Å². The van der Waals surface area contributed by atoms with Crippen LogP contribution < -0.4 is 15.4 Å². The molecule has 6 nitrogen and oxygen atoms in total. The molecule has 1 aromatic heterocycles. The van der Waals surface area contributed by atoms with Gasteiger partial charge in [-0.05, 0) is 29.7 Å². The molecule has 1 unspecified atom stereocenters. The number of imidazole rings is 1. The largest absolute Gasteiger partial charge is 0.488 e. The van der Waals surface area contributed by atoms with Crippen molar-refractivity contribution in [3.05, 3.63) is 83.9 Å². The minimum atomic E-state index is 0. The molecule has 7 heteroatoms. The van der Waals surface area contributed by atoms with Crippen molar-refractivity contribution >= 4 is 29.9 Å². The molecule has 0 spiro atoms. The number of hydrogen-bond donors (Lipinski definition) is 2. The molecule has 1 aliphatic rings. The number of guanidine groups is 1. The van der Waals surface area contributed by atoms with Crippen LogP contribution in [0.4, 0.5) is 0 Å². The Balaban J connectivity index is 0.00000256. The first-order valence-corrected chi connectivity index (χ1v) is 10.1. The lowest BCUT2D eigenvalue weighted by molar-refractivity contribution is 0.235. The van der Waals surface area contributed by atoms with Gasteiger partial charge < -0.3 is 19.9 Å². The minimum Gasteiger partial charge on any atom is -0.488 e. The van der Waals surface area contributed by atoms with Gasteiger partial charge in [0.2, 0.25) is 0 Å². The van der Waals surface area contributed by atoms with Gasteiger partial charge >= 0.3 is 0 Å². The molecule has 2 N–H and O–H groups in total. The summed E-state index contributed by atoms with van der Waals surface area (Å²) in [6.07, 6.45) is 6.67. The third kappa shape index (κ3) is 5.98. The summed E-state index contributed by atoms with van der Waals surface area (Å²) in [4.78, 5) is 8.85. The fourth-order valence-corrected chi connectivity index (χ4v) is 3.51. The van der Waals surface area contributed by atoms with E-state index in [9.17, 15) is 0 Å². The summed E-state index contributed by atoms with van der Waals surface area (Å²) in [5, 5.41) is 6.74. The highest BCUT2D eigenvalue weighted by Gasteiger charge is 2.22. The number of para-hydroxylation sites is 1. The number of hydrogen-bond acceptors (Lipinski definition) is 3. The van der Waals surface area contributed by atoms with Crippen LogP contribution in [0.5, 0.6) is 5.75 Å². The highest BCUT2D eigenvalue weighted by molar-refractivity contribution is 14.0. The van der Waals surface area contributed by atoms with E-state index in [-0.39, 0.29) is 30.1 Å². The first-order valence-electron chi connectivity index (χ1n) is 10.1. The van der Waals surface area contributed by atoms with Crippen molar-refractivity contribution < 1.29 is 4.74 Å². The summed E-state index contributed by atoms with van der Waals surface area (Å²) in [5.74, 6) is 1.81. The number of rotatable bonds is 7. The Morgan fingerprint density at radius 2 is 2.03 bits per heavy atom. The predicted octanol–water partition coefficient (Wildman–Crippen LogP) is 3.61. The van der Waals surface area contributed by atoms with Crippen LogP contribution >= 0.6 is 24.0 Å². The van der Waals surface area contributed by atoms with Crippen LogP contribution in [0, 0.1) is 0 Å². The van der Waals surface area contributed by atoms with Crippen LogP contribution in [0.15, 0.2) is 72.2 Å². The minimum absolute atomic E-state index is 0. The van der Waals surface area contributed by atoms with Gasteiger partial charge in [0.25, 0.3) is 0 Å². The first-order chi connectivity index (χ1) is 14.3. The average Bonchev–Trinajstić information content (AvgIpc) is 3.39. The van der Waals surface area contributed by atoms with Crippen LogP contribution in [0.2, 0.25) is 0 Å². The van der Waals surface area contributed by atoms with E-state index in [4.69, 9.17) is 9.73 Å². The highest BCUT2D eigenvalue weighted by Crippen LogP contribution is 2.27. The van der Waals surface area contributed by atoms with E-state index in [1.807, 2.05) is 24.7 Å². The third-order valence-corrected chi connectivity index (χ3v) is 4.89. The molecule has 0 saturated carbocycles. The van der Waals surface area contributed by atoms with E-state index in [0.717, 1.165) is 37.8 Å². The number of benzene rings is 2. The number of aliphatic imine (C=N–C) groups is 1. The van der Waals surface area contributed by atoms with Crippen LogP contribution in [0.1, 0.15) is 23.6 Å². The molecule has 158 valence electrons. The zero-order valence-electron chi connectivity index (χ0n) is 17.1. The van der Waals surface area contributed by atoms with Crippen molar-refractivity contribution in [2.75, 3.05) is 13.1 Å². The van der Waals surface area contributed by atoms with Crippen molar-refractivity contribution in [1.82, 2.24) is 20.2 Å². The zero-order chi connectivity index (χ0) is 19.9. The van der Waals surface area contributed by atoms with Crippen molar-refractivity contribution in [2.24, 2.45) is 4.99 Å². The number of aromatic nitrogens is 2. The van der Waals surface area contributed by atoms with Crippen molar-refractivity contribution in [1.29, 1.82) is 0 Å². The van der Waals surface area contributed by atoms with Gasteiger partial charge in [0.05, 0.1) is 19.4 Å². The van der Waals surface area contributed by atoms with E-state index >= 15 is 0 Å². The number of ether oxygens (including phenoxy) is 1. The molecule has 0 radical (unpaired) electrons. The van der Waals surface area contributed by atoms with E-state index in [0.29, 0.717) is 6.54 Å². The maximum atomic E-state index is 6.01. The molecular formula is C23H28IN5O. The molecule has 1 atom stereocenters. The van der Waals surface area contributed by atoms with Crippen LogP contribution in [0.3, 0.4) is 0 Å². The smallest absolute Gasteiger partial charge is 0.191 e. The van der Waals surface area contributed by atoms with Gasteiger partial charge in [-0.15, -0.1) is 24.0 Å². The average molecular weight is 517 g/mol. The van der Waals surface area contributed by atoms with E-state index in [1.54, 1.807) is 6.20 Å². The van der Waals surface area contributed by atoms with Gasteiger partial charge in [0.15, 0.2) is 5.96 Å². The zero-order valence-corrected chi connectivity index (χ0v) is 19.5. The molecule has 3 aromatic rings. The second kappa shape index (κ2) is 11.0. The van der Waals surface area contributed by atoms with Crippen LogP contribution in [0.25, 0.3) is 0 Å². The van der Waals surface area contributed by atoms with Gasteiger partial charge in [-0.2, -0.15) is 0 Å². The maximum absolute atomic E-state index is 6.01. The lowest BCUT2D eigenvalue weighted by atomic mass is 10.1. The molecule has 30 heavy (non-hydrogen) atoms. The Kier molecular flexibility index (Phi) is 8.12. The normalized spacial score (nSPS) is 15.1. The van der Waals surface area contributed by atoms with Crippen LogP contribution in [-0.2, 0) is 19.5 Å². The molecular weight excluding hydrogens is 489 g/mol. The molecule has 2 heterocycles. The molecule has 2 aromatic carbocycles. The summed E-state index contributed by atoms with van der Waals surface area (Å²) in [7, 11) is 0. The molecule has 0 bridgehead atoms. The Morgan fingerprint density at radius 1 is 1.17 bits per heavy atom. The number of nitrogens with zero attached hydrogens (tertiary/aromatic N) is 3. The van der Waals surface area contributed by atoms with E-state index < -0.39 is 0 Å². The Hall–Kier alpha value is -2.55. The fraction of sp³-hybridized carbons (Fsp3) is 0.304. The van der Waals surface area contributed by atoms with Gasteiger partial charge in [0, 0.05) is 31.9 Å². The second-order valence-electron chi connectivity index (χ2n) is 7.18. The molecule has 0 fully saturated rings. The molecule has 0 aliphatic carbocycles. The summed E-state index contributed by atoms with van der Waals surface area (Å²) in [6.45, 7) is 5.05. The predicted molar refractivity (Wildman–Crippen MR) is 131 cm³/mol. The van der Waals surface area contributed by atoms with E-state index in [2.05, 4.69) is 63.5 Å². The Bertz CT molecular complexity index is 933. The van der Waals surface area contributed by atoms with Crippen molar-refractivity contribution in [3.8, 4) is 5.75 Å². The Labute approximate surface area is 194 Å². The summed E-state index contributed by atoms with van der Waals surface area (Å²) in [5.41, 5.74) is 3.70. The number of nitrogens with one attached hydrogen (secondary N) is 2. The SMILES string of the molecule is CCNC(=NCc1cccc(Cn2ccnc2)c1)NCC1Cc2ccccc2O1.I.